The Balaban J connectivity index is 1.43. The molecule has 2 aromatic carbocycles. The van der Waals surface area contributed by atoms with E-state index in [-0.39, 0.29) is 54.2 Å². The summed E-state index contributed by atoms with van der Waals surface area (Å²) in [4.78, 5) is 40.5. The molecule has 0 saturated heterocycles. The fourth-order valence-corrected chi connectivity index (χ4v) is 6.44. The average Bonchev–Trinajstić information content (AvgIpc) is 3.44. The molecule has 1 aliphatic carbocycles. The van der Waals surface area contributed by atoms with Gasteiger partial charge < -0.3 is 10.2 Å². The zero-order valence-corrected chi connectivity index (χ0v) is 21.6. The topological polar surface area (TPSA) is 104 Å². The Morgan fingerprint density at radius 2 is 1.75 bits per heavy atom. The van der Waals surface area contributed by atoms with Crippen LogP contribution in [0.4, 0.5) is 0 Å². The molecule has 3 amide bonds. The van der Waals surface area contributed by atoms with E-state index in [1.807, 2.05) is 31.2 Å². The highest BCUT2D eigenvalue weighted by atomic mass is 32.2. The minimum absolute atomic E-state index is 0.000435. The van der Waals surface area contributed by atoms with Gasteiger partial charge in [0.25, 0.3) is 15.9 Å². The molecule has 0 radical (unpaired) electrons. The summed E-state index contributed by atoms with van der Waals surface area (Å²) >= 11 is 0. The number of hydrogen-bond donors (Lipinski definition) is 1. The predicted octanol–water partition coefficient (Wildman–Crippen LogP) is 3.40. The van der Waals surface area contributed by atoms with E-state index in [0.717, 1.165) is 41.1 Å². The van der Waals surface area contributed by atoms with E-state index in [1.165, 1.54) is 12.1 Å². The molecule has 1 atom stereocenters. The van der Waals surface area contributed by atoms with Crippen molar-refractivity contribution in [3.63, 3.8) is 0 Å². The van der Waals surface area contributed by atoms with Gasteiger partial charge in [-0.25, -0.2) is 12.7 Å². The summed E-state index contributed by atoms with van der Waals surface area (Å²) in [5.74, 6) is -1.01. The Morgan fingerprint density at radius 3 is 2.42 bits per heavy atom. The lowest BCUT2D eigenvalue weighted by atomic mass is 10.1. The SMILES string of the molecule is Cc1ccc(CN(C(=O)CCCN2C(=O)c3ccccc3S2(=O)=O)[C@H](C)C(=O)NC2CCCC2)cc1. The van der Waals surface area contributed by atoms with Crippen molar-refractivity contribution in [3.8, 4) is 0 Å². The average molecular weight is 512 g/mol. The van der Waals surface area contributed by atoms with Crippen LogP contribution >= 0.6 is 0 Å². The van der Waals surface area contributed by atoms with Crippen molar-refractivity contribution in [1.82, 2.24) is 14.5 Å². The van der Waals surface area contributed by atoms with Crippen LogP contribution in [-0.2, 0) is 26.2 Å². The van der Waals surface area contributed by atoms with Crippen molar-refractivity contribution in [1.29, 1.82) is 0 Å². The summed E-state index contributed by atoms with van der Waals surface area (Å²) in [6.45, 7) is 3.88. The van der Waals surface area contributed by atoms with Crippen LogP contribution in [0.5, 0.6) is 0 Å². The second kappa shape index (κ2) is 10.8. The number of amides is 3. The van der Waals surface area contributed by atoms with E-state index in [9.17, 15) is 22.8 Å². The number of aryl methyl sites for hydroxylation is 1. The maximum Gasteiger partial charge on any atom is 0.269 e. The second-order valence-corrected chi connectivity index (χ2v) is 11.5. The summed E-state index contributed by atoms with van der Waals surface area (Å²) < 4.78 is 26.4. The lowest BCUT2D eigenvalue weighted by molar-refractivity contribution is -0.141. The monoisotopic (exact) mass is 511 g/mol. The van der Waals surface area contributed by atoms with Gasteiger partial charge in [0.15, 0.2) is 0 Å². The van der Waals surface area contributed by atoms with Crippen LogP contribution < -0.4 is 5.32 Å². The molecular weight excluding hydrogens is 478 g/mol. The molecule has 0 bridgehead atoms. The van der Waals surface area contributed by atoms with Crippen molar-refractivity contribution in [2.24, 2.45) is 0 Å². The fourth-order valence-electron chi connectivity index (χ4n) is 4.83. The molecule has 2 aromatic rings. The van der Waals surface area contributed by atoms with E-state index in [0.29, 0.717) is 0 Å². The number of carbonyl (C=O) groups is 3. The maximum absolute atomic E-state index is 13.3. The van der Waals surface area contributed by atoms with Crippen molar-refractivity contribution < 1.29 is 22.8 Å². The third-order valence-corrected chi connectivity index (χ3v) is 8.85. The molecule has 9 heteroatoms. The summed E-state index contributed by atoms with van der Waals surface area (Å²) in [6, 6.07) is 13.4. The highest BCUT2D eigenvalue weighted by Crippen LogP contribution is 2.30. The van der Waals surface area contributed by atoms with Crippen LogP contribution in [-0.4, -0.2) is 54.0 Å². The Kier molecular flexibility index (Phi) is 7.78. The third-order valence-electron chi connectivity index (χ3n) is 7.01. The van der Waals surface area contributed by atoms with E-state index >= 15 is 0 Å². The molecule has 8 nitrogen and oxygen atoms in total. The molecule has 1 saturated carbocycles. The van der Waals surface area contributed by atoms with E-state index in [2.05, 4.69) is 5.32 Å². The number of nitrogens with zero attached hydrogens (tertiary/aromatic N) is 2. The molecule has 1 aliphatic heterocycles. The Bertz CT molecular complexity index is 1240. The molecule has 1 heterocycles. The van der Waals surface area contributed by atoms with Gasteiger partial charge in [0.1, 0.15) is 10.9 Å². The Morgan fingerprint density at radius 1 is 1.08 bits per heavy atom. The van der Waals surface area contributed by atoms with Gasteiger partial charge in [0.2, 0.25) is 11.8 Å². The smallest absolute Gasteiger partial charge is 0.269 e. The van der Waals surface area contributed by atoms with Gasteiger partial charge in [-0.2, -0.15) is 0 Å². The van der Waals surface area contributed by atoms with Crippen LogP contribution in [0, 0.1) is 6.92 Å². The Labute approximate surface area is 212 Å². The number of nitrogens with one attached hydrogen (secondary N) is 1. The van der Waals surface area contributed by atoms with Crippen LogP contribution in [0.3, 0.4) is 0 Å². The van der Waals surface area contributed by atoms with E-state index in [1.54, 1.807) is 24.0 Å². The summed E-state index contributed by atoms with van der Waals surface area (Å²) in [5, 5.41) is 3.07. The number of carbonyl (C=O) groups excluding carboxylic acids is 3. The van der Waals surface area contributed by atoms with Gasteiger partial charge in [0.05, 0.1) is 5.56 Å². The molecule has 2 aliphatic rings. The summed E-state index contributed by atoms with van der Waals surface area (Å²) in [6.07, 6.45) is 4.26. The van der Waals surface area contributed by atoms with Crippen molar-refractivity contribution >= 4 is 27.7 Å². The minimum atomic E-state index is -3.91. The van der Waals surface area contributed by atoms with Crippen molar-refractivity contribution in [2.45, 2.75) is 75.9 Å². The molecule has 192 valence electrons. The first-order valence-corrected chi connectivity index (χ1v) is 13.9. The quantitative estimate of drug-likeness (QED) is 0.556. The molecule has 1 N–H and O–H groups in total. The zero-order valence-electron chi connectivity index (χ0n) is 20.8. The fraction of sp³-hybridized carbons (Fsp3) is 0.444. The van der Waals surface area contributed by atoms with Gasteiger partial charge in [-0.3, -0.25) is 14.4 Å². The van der Waals surface area contributed by atoms with Crippen molar-refractivity contribution in [3.05, 3.63) is 65.2 Å². The van der Waals surface area contributed by atoms with Gasteiger partial charge in [-0.15, -0.1) is 0 Å². The number of rotatable bonds is 9. The summed E-state index contributed by atoms with van der Waals surface area (Å²) in [7, 11) is -3.91. The zero-order chi connectivity index (χ0) is 25.9. The van der Waals surface area contributed by atoms with Crippen LogP contribution in [0.2, 0.25) is 0 Å². The predicted molar refractivity (Wildman–Crippen MR) is 135 cm³/mol. The first kappa shape index (κ1) is 25.9. The largest absolute Gasteiger partial charge is 0.352 e. The molecule has 0 unspecified atom stereocenters. The molecule has 4 rings (SSSR count). The number of hydrogen-bond acceptors (Lipinski definition) is 5. The van der Waals surface area contributed by atoms with Gasteiger partial charge in [0, 0.05) is 25.6 Å². The minimum Gasteiger partial charge on any atom is -0.352 e. The van der Waals surface area contributed by atoms with Crippen LogP contribution in [0.15, 0.2) is 53.4 Å². The van der Waals surface area contributed by atoms with E-state index in [4.69, 9.17) is 0 Å². The van der Waals surface area contributed by atoms with Crippen LogP contribution in [0.1, 0.15) is 66.9 Å². The first-order chi connectivity index (χ1) is 17.2. The highest BCUT2D eigenvalue weighted by molar-refractivity contribution is 7.90. The number of benzene rings is 2. The standard InChI is InChI=1S/C27H33N3O5S/c1-19-13-15-21(16-14-19)18-29(20(2)26(32)28-22-8-3-4-9-22)25(31)12-7-17-30-27(33)23-10-5-6-11-24(23)36(30,34)35/h5-6,10-11,13-16,20,22H,3-4,7-9,12,17-18H2,1-2H3,(H,28,32)/t20-/m1/s1. The maximum atomic E-state index is 13.3. The highest BCUT2D eigenvalue weighted by Gasteiger charge is 2.40. The van der Waals surface area contributed by atoms with Gasteiger partial charge in [-0.1, -0.05) is 54.8 Å². The second-order valence-electron chi connectivity index (χ2n) is 9.66. The van der Waals surface area contributed by atoms with E-state index < -0.39 is 22.0 Å². The van der Waals surface area contributed by atoms with Gasteiger partial charge in [-0.05, 0) is 50.8 Å². The Hall–Kier alpha value is -3.20. The molecule has 36 heavy (non-hydrogen) atoms. The number of fused-ring (bicyclic) bond motifs is 1. The lowest BCUT2D eigenvalue weighted by Gasteiger charge is -2.30. The lowest BCUT2D eigenvalue weighted by Crippen LogP contribution is -2.49. The van der Waals surface area contributed by atoms with Gasteiger partial charge >= 0.3 is 0 Å². The van der Waals surface area contributed by atoms with Crippen LogP contribution in [0.25, 0.3) is 0 Å². The first-order valence-electron chi connectivity index (χ1n) is 12.5. The third kappa shape index (κ3) is 5.46. The number of sulfonamides is 1. The normalized spacial score (nSPS) is 17.6. The molecule has 1 fully saturated rings. The van der Waals surface area contributed by atoms with Crippen molar-refractivity contribution in [2.75, 3.05) is 6.54 Å². The molecular formula is C27H33N3O5S. The summed E-state index contributed by atoms with van der Waals surface area (Å²) in [5.41, 5.74) is 2.16. The molecule has 0 aromatic heterocycles. The molecule has 0 spiro atoms.